The van der Waals surface area contributed by atoms with Crippen LogP contribution in [0.25, 0.3) is 0 Å². The van der Waals surface area contributed by atoms with Gasteiger partial charge in [-0.05, 0) is 31.9 Å². The molecule has 1 aromatic rings. The first kappa shape index (κ1) is 16.6. The molecule has 1 rings (SSSR count). The lowest BCUT2D eigenvalue weighted by Gasteiger charge is -2.03. The van der Waals surface area contributed by atoms with Gasteiger partial charge in [0.15, 0.2) is 0 Å². The fourth-order valence-electron chi connectivity index (χ4n) is 1.61. The van der Waals surface area contributed by atoms with Crippen molar-refractivity contribution in [3.8, 4) is 0 Å². The highest BCUT2D eigenvalue weighted by Gasteiger charge is 2.00. The van der Waals surface area contributed by atoms with E-state index in [1.807, 2.05) is 0 Å². The van der Waals surface area contributed by atoms with Gasteiger partial charge in [0, 0.05) is 16.4 Å². The number of thiophene rings is 1. The molecule has 19 heavy (non-hydrogen) atoms. The average Bonchev–Trinajstić information content (AvgIpc) is 2.71. The Kier molecular flexibility index (Phi) is 7.60. The number of aryl methyl sites for hydroxylation is 1. The Bertz CT molecular complexity index is 451. The van der Waals surface area contributed by atoms with Crippen molar-refractivity contribution in [3.05, 3.63) is 21.9 Å². The Labute approximate surface area is 119 Å². The summed E-state index contributed by atoms with van der Waals surface area (Å²) in [5, 5.41) is 0. The Hall–Kier alpha value is -0.430. The van der Waals surface area contributed by atoms with E-state index in [1.54, 1.807) is 11.3 Å². The van der Waals surface area contributed by atoms with Crippen molar-refractivity contribution in [1.82, 2.24) is 0 Å². The molecule has 0 unspecified atom stereocenters. The molecule has 4 nitrogen and oxygen atoms in total. The zero-order chi connectivity index (χ0) is 14.1. The van der Waals surface area contributed by atoms with Crippen LogP contribution in [-0.4, -0.2) is 27.9 Å². The monoisotopic (exact) mass is 306 g/mol. The fraction of sp³-hybridized carbons (Fsp3) is 0.692. The highest BCUT2D eigenvalue weighted by molar-refractivity contribution is 7.85. The van der Waals surface area contributed by atoms with E-state index in [2.05, 4.69) is 23.2 Å². The molecule has 1 heterocycles. The van der Waals surface area contributed by atoms with Crippen LogP contribution in [0.15, 0.2) is 12.1 Å². The minimum absolute atomic E-state index is 0.286. The highest BCUT2D eigenvalue weighted by Crippen LogP contribution is 2.16. The molecule has 0 aliphatic heterocycles. The quantitative estimate of drug-likeness (QED) is 0.492. The third-order valence-corrected chi connectivity index (χ3v) is 4.09. The van der Waals surface area contributed by atoms with Crippen molar-refractivity contribution in [2.45, 2.75) is 39.2 Å². The molecule has 0 N–H and O–H groups in total. The molecule has 0 amide bonds. The summed E-state index contributed by atoms with van der Waals surface area (Å²) in [6.07, 6.45) is 4.86. The van der Waals surface area contributed by atoms with Crippen LogP contribution in [-0.2, 0) is 25.6 Å². The third kappa shape index (κ3) is 9.15. The summed E-state index contributed by atoms with van der Waals surface area (Å²) in [6, 6.07) is 4.20. The largest absolute Gasteiger partial charge is 0.376 e. The molecule has 1 aromatic heterocycles. The molecule has 0 bridgehead atoms. The standard InChI is InChI=1S/C13H22O4S2/c1-12-7-8-13(18-12)11-16-9-5-3-4-6-10-17-19(2,14)15/h7-8H,3-6,9-11H2,1-2H3. The molecule has 0 aliphatic rings. The maximum atomic E-state index is 10.7. The van der Waals surface area contributed by atoms with E-state index in [0.717, 1.165) is 38.5 Å². The molecule has 0 aromatic carbocycles. The van der Waals surface area contributed by atoms with E-state index in [-0.39, 0.29) is 6.61 Å². The van der Waals surface area contributed by atoms with Crippen LogP contribution >= 0.6 is 11.3 Å². The van der Waals surface area contributed by atoms with Crippen molar-refractivity contribution in [3.63, 3.8) is 0 Å². The van der Waals surface area contributed by atoms with Gasteiger partial charge in [-0.3, -0.25) is 4.18 Å². The Morgan fingerprint density at radius 1 is 1.11 bits per heavy atom. The van der Waals surface area contributed by atoms with E-state index >= 15 is 0 Å². The normalized spacial score (nSPS) is 11.9. The minimum atomic E-state index is -3.28. The van der Waals surface area contributed by atoms with Gasteiger partial charge in [0.1, 0.15) is 0 Å². The third-order valence-electron chi connectivity index (χ3n) is 2.52. The van der Waals surface area contributed by atoms with Crippen molar-refractivity contribution in [2.24, 2.45) is 0 Å². The summed E-state index contributed by atoms with van der Waals surface area (Å²) in [6.45, 7) is 3.82. The lowest BCUT2D eigenvalue weighted by molar-refractivity contribution is 0.118. The van der Waals surface area contributed by atoms with Gasteiger partial charge in [-0.25, -0.2) is 0 Å². The number of rotatable bonds is 10. The zero-order valence-electron chi connectivity index (χ0n) is 11.6. The lowest BCUT2D eigenvalue weighted by Crippen LogP contribution is -2.04. The Morgan fingerprint density at radius 2 is 1.79 bits per heavy atom. The summed E-state index contributed by atoms with van der Waals surface area (Å²) in [5.74, 6) is 0. The van der Waals surface area contributed by atoms with Gasteiger partial charge in [0.25, 0.3) is 10.1 Å². The van der Waals surface area contributed by atoms with Gasteiger partial charge in [-0.1, -0.05) is 12.8 Å². The second-order valence-electron chi connectivity index (χ2n) is 4.51. The molecule has 110 valence electrons. The van der Waals surface area contributed by atoms with Crippen molar-refractivity contribution >= 4 is 21.5 Å². The maximum Gasteiger partial charge on any atom is 0.264 e. The van der Waals surface area contributed by atoms with E-state index in [0.29, 0.717) is 6.61 Å². The SMILES string of the molecule is Cc1ccc(COCCCCCCOS(C)(=O)=O)s1. The van der Waals surface area contributed by atoms with Crippen molar-refractivity contribution < 1.29 is 17.3 Å². The van der Waals surface area contributed by atoms with Crippen LogP contribution < -0.4 is 0 Å². The molecule has 0 saturated heterocycles. The first-order valence-electron chi connectivity index (χ1n) is 6.45. The second-order valence-corrected chi connectivity index (χ2v) is 7.52. The maximum absolute atomic E-state index is 10.7. The first-order valence-corrected chi connectivity index (χ1v) is 9.08. The summed E-state index contributed by atoms with van der Waals surface area (Å²) in [5.41, 5.74) is 0. The molecule has 0 aliphatic carbocycles. The van der Waals surface area contributed by atoms with E-state index in [9.17, 15) is 8.42 Å². The van der Waals surface area contributed by atoms with Crippen LogP contribution in [0.2, 0.25) is 0 Å². The topological polar surface area (TPSA) is 52.6 Å². The molecule has 0 atom stereocenters. The summed E-state index contributed by atoms with van der Waals surface area (Å²) in [7, 11) is -3.28. The predicted octanol–water partition coefficient (Wildman–Crippen LogP) is 3.11. The van der Waals surface area contributed by atoms with Crippen LogP contribution in [0.4, 0.5) is 0 Å². The van der Waals surface area contributed by atoms with E-state index in [4.69, 9.17) is 4.74 Å². The van der Waals surface area contributed by atoms with Gasteiger partial charge in [0.2, 0.25) is 0 Å². The van der Waals surface area contributed by atoms with E-state index < -0.39 is 10.1 Å². The van der Waals surface area contributed by atoms with Gasteiger partial charge >= 0.3 is 0 Å². The molecule has 0 radical (unpaired) electrons. The lowest BCUT2D eigenvalue weighted by atomic mass is 10.2. The second kappa shape index (κ2) is 8.68. The minimum Gasteiger partial charge on any atom is -0.376 e. The summed E-state index contributed by atoms with van der Waals surface area (Å²) < 4.78 is 31.6. The number of hydrogen-bond acceptors (Lipinski definition) is 5. The van der Waals surface area contributed by atoms with Gasteiger partial charge < -0.3 is 4.74 Å². The van der Waals surface area contributed by atoms with Crippen LogP contribution in [0.5, 0.6) is 0 Å². The molecule has 0 fully saturated rings. The molecule has 0 saturated carbocycles. The van der Waals surface area contributed by atoms with Crippen LogP contribution in [0, 0.1) is 6.92 Å². The highest BCUT2D eigenvalue weighted by atomic mass is 32.2. The zero-order valence-corrected chi connectivity index (χ0v) is 13.2. The number of ether oxygens (including phenoxy) is 1. The van der Waals surface area contributed by atoms with Gasteiger partial charge in [-0.2, -0.15) is 8.42 Å². The smallest absolute Gasteiger partial charge is 0.264 e. The van der Waals surface area contributed by atoms with Crippen LogP contribution in [0.1, 0.15) is 35.4 Å². The first-order chi connectivity index (χ1) is 8.97. The number of hydrogen-bond donors (Lipinski definition) is 0. The van der Waals surface area contributed by atoms with Crippen LogP contribution in [0.3, 0.4) is 0 Å². The van der Waals surface area contributed by atoms with Crippen molar-refractivity contribution in [2.75, 3.05) is 19.5 Å². The predicted molar refractivity (Wildman–Crippen MR) is 78.0 cm³/mol. The average molecular weight is 306 g/mol. The molecular weight excluding hydrogens is 284 g/mol. The molecule has 6 heteroatoms. The van der Waals surface area contributed by atoms with E-state index in [1.165, 1.54) is 9.75 Å². The van der Waals surface area contributed by atoms with Crippen molar-refractivity contribution in [1.29, 1.82) is 0 Å². The summed E-state index contributed by atoms with van der Waals surface area (Å²) in [4.78, 5) is 2.57. The Morgan fingerprint density at radius 3 is 2.37 bits per heavy atom. The van der Waals surface area contributed by atoms with Gasteiger partial charge in [0.05, 0.1) is 19.5 Å². The summed E-state index contributed by atoms with van der Waals surface area (Å²) >= 11 is 1.77. The van der Waals surface area contributed by atoms with Gasteiger partial charge in [-0.15, -0.1) is 11.3 Å². The molecule has 0 spiro atoms. The Balaban J connectivity index is 1.89. The number of unbranched alkanes of at least 4 members (excludes halogenated alkanes) is 3. The molecular formula is C13H22O4S2. The fourth-order valence-corrected chi connectivity index (χ4v) is 2.85.